The van der Waals surface area contributed by atoms with Gasteiger partial charge >= 0.3 is 102 Å². The van der Waals surface area contributed by atoms with Crippen molar-refractivity contribution in [3.8, 4) is 0 Å². The maximum atomic E-state index is 5.61. The van der Waals surface area contributed by atoms with E-state index in [2.05, 4.69) is 12.1 Å². The van der Waals surface area contributed by atoms with E-state index >= 15 is 0 Å². The monoisotopic (exact) mass is 310 g/mol. The van der Waals surface area contributed by atoms with Crippen molar-refractivity contribution < 1.29 is 9.05 Å². The molecule has 0 unspecified atom stereocenters. The van der Waals surface area contributed by atoms with Crippen molar-refractivity contribution in [1.29, 1.82) is 0 Å². The van der Waals surface area contributed by atoms with Crippen LogP contribution in [0.15, 0.2) is 30.3 Å². The van der Waals surface area contributed by atoms with Crippen LogP contribution in [0.2, 0.25) is 0 Å². The molecule has 15 heavy (non-hydrogen) atoms. The summed E-state index contributed by atoms with van der Waals surface area (Å²) >= 11 is 5.58. The van der Waals surface area contributed by atoms with E-state index in [4.69, 9.17) is 20.9 Å². The van der Waals surface area contributed by atoms with Crippen molar-refractivity contribution in [2.45, 2.75) is 13.8 Å². The molecule has 0 N–H and O–H groups in total. The molecule has 0 amide bonds. The van der Waals surface area contributed by atoms with Crippen LogP contribution in [-0.2, 0) is 20.9 Å². The van der Waals surface area contributed by atoms with Crippen LogP contribution < -0.4 is 4.46 Å². The zero-order valence-corrected chi connectivity index (χ0v) is 12.3. The second-order valence-electron chi connectivity index (χ2n) is 2.69. The Morgan fingerprint density at radius 3 is 2.13 bits per heavy atom. The molecule has 1 rings (SSSR count). The SMILES string of the molecule is CCOP(=S)(OCC)[Se]c1ccccc1. The predicted molar refractivity (Wildman–Crippen MR) is 69.4 cm³/mol. The molecule has 0 radical (unpaired) electrons. The normalized spacial score (nSPS) is 11.6. The Labute approximate surface area is 102 Å². The molecule has 0 saturated heterocycles. The van der Waals surface area contributed by atoms with E-state index in [1.807, 2.05) is 32.0 Å². The first kappa shape index (κ1) is 13.4. The number of hydrogen-bond acceptors (Lipinski definition) is 3. The first-order chi connectivity index (χ1) is 7.20. The Balaban J connectivity index is 2.71. The summed E-state index contributed by atoms with van der Waals surface area (Å²) < 4.78 is 12.5. The molecule has 0 aliphatic rings. The van der Waals surface area contributed by atoms with Gasteiger partial charge in [0.15, 0.2) is 0 Å². The van der Waals surface area contributed by atoms with Crippen LogP contribution in [0.1, 0.15) is 13.8 Å². The molecule has 0 saturated carbocycles. The summed E-state index contributed by atoms with van der Waals surface area (Å²) in [4.78, 5) is 0. The molecule has 0 aromatic heterocycles. The maximum absolute atomic E-state index is 5.61. The Morgan fingerprint density at radius 2 is 1.67 bits per heavy atom. The fourth-order valence-electron chi connectivity index (χ4n) is 1.02. The Hall–Kier alpha value is 0.309. The molecule has 1 aromatic carbocycles. The summed E-state index contributed by atoms with van der Waals surface area (Å²) in [5.74, 6) is 0. The van der Waals surface area contributed by atoms with Gasteiger partial charge in [-0.05, 0) is 0 Å². The summed E-state index contributed by atoms with van der Waals surface area (Å²) in [6.45, 7) is 5.18. The molecule has 84 valence electrons. The summed E-state index contributed by atoms with van der Waals surface area (Å²) in [5.41, 5.74) is 0. The van der Waals surface area contributed by atoms with E-state index in [1.165, 1.54) is 4.46 Å². The van der Waals surface area contributed by atoms with E-state index < -0.39 is 5.18 Å². The van der Waals surface area contributed by atoms with Crippen LogP contribution >= 0.6 is 5.18 Å². The van der Waals surface area contributed by atoms with Gasteiger partial charge in [0, 0.05) is 0 Å². The number of rotatable bonds is 6. The predicted octanol–water partition coefficient (Wildman–Crippen LogP) is 2.31. The van der Waals surface area contributed by atoms with Gasteiger partial charge in [-0.25, -0.2) is 0 Å². The minimum absolute atomic E-state index is 0.107. The van der Waals surface area contributed by atoms with E-state index in [9.17, 15) is 0 Å². The average molecular weight is 309 g/mol. The zero-order chi connectivity index (χ0) is 11.1. The van der Waals surface area contributed by atoms with Gasteiger partial charge in [0.2, 0.25) is 0 Å². The molecule has 0 aliphatic heterocycles. The Bertz CT molecular complexity index is 321. The molecule has 0 heterocycles. The van der Waals surface area contributed by atoms with E-state index in [0.29, 0.717) is 13.2 Å². The van der Waals surface area contributed by atoms with E-state index in [-0.39, 0.29) is 14.5 Å². The fraction of sp³-hybridized carbons (Fsp3) is 0.400. The standard InChI is InChI=1S/C10H15O2PSSe/c1-3-11-13(14,12-4-2)15-10-8-6-5-7-9-10/h5-9H,3-4H2,1-2H3. The van der Waals surface area contributed by atoms with Gasteiger partial charge in [-0.1, -0.05) is 0 Å². The van der Waals surface area contributed by atoms with Crippen molar-refractivity contribution in [2.75, 3.05) is 13.2 Å². The van der Waals surface area contributed by atoms with Crippen LogP contribution in [-0.4, -0.2) is 27.7 Å². The van der Waals surface area contributed by atoms with Crippen LogP contribution in [0.5, 0.6) is 0 Å². The van der Waals surface area contributed by atoms with Crippen LogP contribution in [0.3, 0.4) is 0 Å². The second-order valence-corrected chi connectivity index (χ2v) is 12.5. The summed E-state index contributed by atoms with van der Waals surface area (Å²) in [6, 6.07) is 10.2. The van der Waals surface area contributed by atoms with Gasteiger partial charge in [-0.2, -0.15) is 0 Å². The first-order valence-corrected chi connectivity index (χ1v) is 10.5. The second kappa shape index (κ2) is 6.80. The van der Waals surface area contributed by atoms with Crippen molar-refractivity contribution in [3.05, 3.63) is 30.3 Å². The fourth-order valence-corrected chi connectivity index (χ4v) is 8.89. The molecule has 0 spiro atoms. The van der Waals surface area contributed by atoms with E-state index in [1.54, 1.807) is 0 Å². The molecule has 0 atom stereocenters. The van der Waals surface area contributed by atoms with Gasteiger partial charge in [0.05, 0.1) is 0 Å². The van der Waals surface area contributed by atoms with Crippen LogP contribution in [0.4, 0.5) is 0 Å². The van der Waals surface area contributed by atoms with Crippen molar-refractivity contribution in [1.82, 2.24) is 0 Å². The van der Waals surface area contributed by atoms with Gasteiger partial charge in [0.25, 0.3) is 0 Å². The van der Waals surface area contributed by atoms with Crippen LogP contribution in [0.25, 0.3) is 0 Å². The van der Waals surface area contributed by atoms with Gasteiger partial charge < -0.3 is 0 Å². The molecule has 2 nitrogen and oxygen atoms in total. The number of benzene rings is 1. The molecule has 0 bridgehead atoms. The van der Waals surface area contributed by atoms with Gasteiger partial charge in [-0.3, -0.25) is 0 Å². The third kappa shape index (κ3) is 4.77. The van der Waals surface area contributed by atoms with Crippen molar-refractivity contribution in [2.24, 2.45) is 0 Å². The van der Waals surface area contributed by atoms with Crippen molar-refractivity contribution in [3.63, 3.8) is 0 Å². The third-order valence-electron chi connectivity index (χ3n) is 1.53. The van der Waals surface area contributed by atoms with Gasteiger partial charge in [-0.15, -0.1) is 0 Å². The quantitative estimate of drug-likeness (QED) is 0.593. The zero-order valence-electron chi connectivity index (χ0n) is 8.88. The molecular formula is C10H15O2PSSe. The Morgan fingerprint density at radius 1 is 1.13 bits per heavy atom. The third-order valence-corrected chi connectivity index (χ3v) is 9.54. The molecular weight excluding hydrogens is 294 g/mol. The summed E-state index contributed by atoms with van der Waals surface area (Å²) in [7, 11) is 0. The van der Waals surface area contributed by atoms with Crippen LogP contribution in [0, 0.1) is 0 Å². The molecule has 0 aliphatic carbocycles. The van der Waals surface area contributed by atoms with E-state index in [0.717, 1.165) is 0 Å². The number of hydrogen-bond donors (Lipinski definition) is 0. The van der Waals surface area contributed by atoms with Gasteiger partial charge in [0.1, 0.15) is 0 Å². The van der Waals surface area contributed by atoms with Crippen molar-refractivity contribution >= 4 is 36.0 Å². The summed E-state index contributed by atoms with van der Waals surface area (Å²) in [5, 5.41) is -2.05. The first-order valence-electron chi connectivity index (χ1n) is 4.84. The molecule has 0 fully saturated rings. The average Bonchev–Trinajstić information content (AvgIpc) is 2.19. The summed E-state index contributed by atoms with van der Waals surface area (Å²) in [6.07, 6.45) is 0. The topological polar surface area (TPSA) is 18.5 Å². The molecule has 5 heteroatoms. The molecule has 1 aromatic rings. The Kier molecular flexibility index (Phi) is 6.06. The minimum atomic E-state index is -2.05.